The van der Waals surface area contributed by atoms with Gasteiger partial charge in [-0.3, -0.25) is 4.79 Å². The summed E-state index contributed by atoms with van der Waals surface area (Å²) in [7, 11) is -3.42. The molecule has 0 spiro atoms. The molecule has 0 bridgehead atoms. The summed E-state index contributed by atoms with van der Waals surface area (Å²) in [5.74, 6) is 0.132. The van der Waals surface area contributed by atoms with E-state index in [2.05, 4.69) is 22.9 Å². The Morgan fingerprint density at radius 3 is 2.48 bits per heavy atom. The van der Waals surface area contributed by atoms with Gasteiger partial charge in [-0.05, 0) is 34.5 Å². The van der Waals surface area contributed by atoms with Crippen LogP contribution in [0.25, 0.3) is 0 Å². The summed E-state index contributed by atoms with van der Waals surface area (Å²) in [5.41, 5.74) is 0. The van der Waals surface area contributed by atoms with E-state index < -0.39 is 10.0 Å². The van der Waals surface area contributed by atoms with Gasteiger partial charge in [0.05, 0.1) is 3.79 Å². The van der Waals surface area contributed by atoms with Crippen molar-refractivity contribution in [3.05, 3.63) is 15.9 Å². The van der Waals surface area contributed by atoms with Gasteiger partial charge >= 0.3 is 0 Å². The van der Waals surface area contributed by atoms with Gasteiger partial charge in [0.1, 0.15) is 4.21 Å². The number of thiophene rings is 1. The molecule has 0 atom stereocenters. The van der Waals surface area contributed by atoms with Gasteiger partial charge in [0.15, 0.2) is 0 Å². The van der Waals surface area contributed by atoms with Gasteiger partial charge < -0.3 is 4.90 Å². The van der Waals surface area contributed by atoms with Crippen LogP contribution in [-0.4, -0.2) is 49.7 Å². The minimum atomic E-state index is -3.42. The monoisotopic (exact) mass is 394 g/mol. The number of sulfonamides is 1. The molecule has 0 saturated carbocycles. The van der Waals surface area contributed by atoms with Crippen LogP contribution in [0.2, 0.25) is 0 Å². The van der Waals surface area contributed by atoms with Crippen LogP contribution in [0.3, 0.4) is 0 Å². The van der Waals surface area contributed by atoms with Crippen LogP contribution < -0.4 is 0 Å². The predicted molar refractivity (Wildman–Crippen MR) is 86.9 cm³/mol. The Morgan fingerprint density at radius 1 is 1.29 bits per heavy atom. The van der Waals surface area contributed by atoms with Crippen LogP contribution >= 0.6 is 27.3 Å². The van der Waals surface area contributed by atoms with E-state index in [1.54, 1.807) is 17.0 Å². The molecule has 1 saturated heterocycles. The summed E-state index contributed by atoms with van der Waals surface area (Å²) in [6.45, 7) is 3.75. The fourth-order valence-electron chi connectivity index (χ4n) is 2.23. The molecule has 5 nitrogen and oxygen atoms in total. The van der Waals surface area contributed by atoms with Crippen molar-refractivity contribution in [1.29, 1.82) is 0 Å². The number of carbonyl (C=O) groups is 1. The Hall–Kier alpha value is -0.440. The van der Waals surface area contributed by atoms with Gasteiger partial charge in [0.2, 0.25) is 5.91 Å². The highest BCUT2D eigenvalue weighted by Gasteiger charge is 2.30. The van der Waals surface area contributed by atoms with Gasteiger partial charge in [0.25, 0.3) is 10.0 Å². The Bertz CT molecular complexity index is 592. The molecule has 21 heavy (non-hydrogen) atoms. The van der Waals surface area contributed by atoms with Gasteiger partial charge in [0, 0.05) is 32.6 Å². The molecule has 1 aliphatic heterocycles. The van der Waals surface area contributed by atoms with E-state index in [0.29, 0.717) is 36.8 Å². The number of unbranched alkanes of at least 4 members (excludes halogenated alkanes) is 1. The molecule has 1 aromatic rings. The third-order valence-corrected chi connectivity index (χ3v) is 7.47. The zero-order valence-corrected chi connectivity index (χ0v) is 15.1. The highest BCUT2D eigenvalue weighted by Crippen LogP contribution is 2.28. The SMILES string of the molecule is CCCCC(=O)N1CCN(S(=O)(=O)c2ccc(Br)s2)CC1. The molecular weight excluding hydrogens is 376 g/mol. The fraction of sp³-hybridized carbons (Fsp3) is 0.615. The molecule has 0 unspecified atom stereocenters. The molecule has 0 aromatic carbocycles. The average molecular weight is 395 g/mol. The average Bonchev–Trinajstić information content (AvgIpc) is 2.92. The molecule has 2 heterocycles. The van der Waals surface area contributed by atoms with Crippen molar-refractivity contribution >= 4 is 43.2 Å². The lowest BCUT2D eigenvalue weighted by Crippen LogP contribution is -2.50. The van der Waals surface area contributed by atoms with Gasteiger partial charge in [-0.1, -0.05) is 13.3 Å². The highest BCUT2D eigenvalue weighted by atomic mass is 79.9. The van der Waals surface area contributed by atoms with Gasteiger partial charge in [-0.2, -0.15) is 4.31 Å². The summed E-state index contributed by atoms with van der Waals surface area (Å²) in [6.07, 6.45) is 2.44. The number of hydrogen-bond acceptors (Lipinski definition) is 4. The Kier molecular flexibility index (Phi) is 5.81. The molecule has 0 aliphatic carbocycles. The third kappa shape index (κ3) is 4.06. The summed E-state index contributed by atoms with van der Waals surface area (Å²) in [6, 6.07) is 3.35. The number of piperazine rings is 1. The quantitative estimate of drug-likeness (QED) is 0.770. The molecule has 118 valence electrons. The van der Waals surface area contributed by atoms with E-state index >= 15 is 0 Å². The van der Waals surface area contributed by atoms with Crippen LogP contribution in [0.1, 0.15) is 26.2 Å². The lowest BCUT2D eigenvalue weighted by Gasteiger charge is -2.33. The molecular formula is C13H19BrN2O3S2. The summed E-state index contributed by atoms with van der Waals surface area (Å²) >= 11 is 4.50. The number of halogens is 1. The number of carbonyl (C=O) groups excluding carboxylic acids is 1. The first kappa shape index (κ1) is 16.9. The first-order valence-electron chi connectivity index (χ1n) is 6.98. The van der Waals surface area contributed by atoms with Gasteiger partial charge in [-0.25, -0.2) is 8.42 Å². The molecule has 0 radical (unpaired) electrons. The maximum absolute atomic E-state index is 12.5. The van der Waals surface area contributed by atoms with Crippen molar-refractivity contribution in [2.45, 2.75) is 30.4 Å². The molecule has 1 aromatic heterocycles. The molecule has 2 rings (SSSR count). The lowest BCUT2D eigenvalue weighted by molar-refractivity contribution is -0.132. The van der Waals surface area contributed by atoms with E-state index in [1.807, 2.05) is 0 Å². The second-order valence-electron chi connectivity index (χ2n) is 4.95. The highest BCUT2D eigenvalue weighted by molar-refractivity contribution is 9.11. The Balaban J connectivity index is 1.96. The lowest BCUT2D eigenvalue weighted by atomic mass is 10.2. The molecule has 8 heteroatoms. The van der Waals surface area contributed by atoms with E-state index in [4.69, 9.17) is 0 Å². The van der Waals surface area contributed by atoms with Crippen LogP contribution in [-0.2, 0) is 14.8 Å². The third-order valence-electron chi connectivity index (χ3n) is 3.48. The topological polar surface area (TPSA) is 57.7 Å². The zero-order valence-electron chi connectivity index (χ0n) is 11.9. The first-order chi connectivity index (χ1) is 9.95. The molecule has 1 fully saturated rings. The first-order valence-corrected chi connectivity index (χ1v) is 10.0. The summed E-state index contributed by atoms with van der Waals surface area (Å²) in [4.78, 5) is 13.7. The van der Waals surface area contributed by atoms with Gasteiger partial charge in [-0.15, -0.1) is 11.3 Å². The smallest absolute Gasteiger partial charge is 0.252 e. The number of amides is 1. The molecule has 1 aliphatic rings. The van der Waals surface area contributed by atoms with Crippen LogP contribution in [0.5, 0.6) is 0 Å². The van der Waals surface area contributed by atoms with Crippen molar-refractivity contribution in [1.82, 2.24) is 9.21 Å². The van der Waals surface area contributed by atoms with Crippen molar-refractivity contribution < 1.29 is 13.2 Å². The van der Waals surface area contributed by atoms with Crippen molar-refractivity contribution in [2.24, 2.45) is 0 Å². The maximum atomic E-state index is 12.5. The number of hydrogen-bond donors (Lipinski definition) is 0. The fourth-order valence-corrected chi connectivity index (χ4v) is 5.81. The zero-order chi connectivity index (χ0) is 15.5. The molecule has 1 amide bonds. The summed E-state index contributed by atoms with van der Waals surface area (Å²) in [5, 5.41) is 0. The minimum Gasteiger partial charge on any atom is -0.340 e. The van der Waals surface area contributed by atoms with E-state index in [0.717, 1.165) is 16.6 Å². The van der Waals surface area contributed by atoms with Crippen LogP contribution in [0, 0.1) is 0 Å². The minimum absolute atomic E-state index is 0.132. The maximum Gasteiger partial charge on any atom is 0.252 e. The van der Waals surface area contributed by atoms with E-state index in [1.165, 1.54) is 15.6 Å². The second-order valence-corrected chi connectivity index (χ2v) is 9.57. The van der Waals surface area contributed by atoms with Crippen molar-refractivity contribution in [3.8, 4) is 0 Å². The Labute approximate surface area is 138 Å². The van der Waals surface area contributed by atoms with Crippen molar-refractivity contribution in [3.63, 3.8) is 0 Å². The largest absolute Gasteiger partial charge is 0.340 e. The van der Waals surface area contributed by atoms with Crippen LogP contribution in [0.15, 0.2) is 20.1 Å². The van der Waals surface area contributed by atoms with Crippen LogP contribution in [0.4, 0.5) is 0 Å². The standard InChI is InChI=1S/C13H19BrN2O3S2/c1-2-3-4-12(17)15-7-9-16(10-8-15)21(18,19)13-6-5-11(14)20-13/h5-6H,2-4,7-10H2,1H3. The molecule has 0 N–H and O–H groups in total. The van der Waals surface area contributed by atoms with Crippen molar-refractivity contribution in [2.75, 3.05) is 26.2 Å². The number of nitrogens with zero attached hydrogens (tertiary/aromatic N) is 2. The normalized spacial score (nSPS) is 17.1. The van der Waals surface area contributed by atoms with E-state index in [-0.39, 0.29) is 5.91 Å². The number of rotatable bonds is 5. The van der Waals surface area contributed by atoms with E-state index in [9.17, 15) is 13.2 Å². The Morgan fingerprint density at radius 2 is 1.95 bits per heavy atom. The predicted octanol–water partition coefficient (Wildman–Crippen LogP) is 2.53. The summed E-state index contributed by atoms with van der Waals surface area (Å²) < 4.78 is 27.5. The second kappa shape index (κ2) is 7.21.